The van der Waals surface area contributed by atoms with Crippen molar-refractivity contribution in [1.82, 2.24) is 9.21 Å². The zero-order valence-corrected chi connectivity index (χ0v) is 15.5. The quantitative estimate of drug-likeness (QED) is 0.822. The Balaban J connectivity index is 1.41. The number of sulfonamides is 1. The highest BCUT2D eigenvalue weighted by molar-refractivity contribution is 7.89. The van der Waals surface area contributed by atoms with Crippen molar-refractivity contribution in [3.63, 3.8) is 0 Å². The molecule has 0 radical (unpaired) electrons. The summed E-state index contributed by atoms with van der Waals surface area (Å²) in [6.45, 7) is 3.09. The van der Waals surface area contributed by atoms with Crippen LogP contribution in [0.4, 0.5) is 4.39 Å². The van der Waals surface area contributed by atoms with Gasteiger partial charge in [-0.3, -0.25) is 4.90 Å². The van der Waals surface area contributed by atoms with E-state index in [1.165, 1.54) is 39.0 Å². The Hall–Kier alpha value is -1.28. The molecule has 0 N–H and O–H groups in total. The average molecular weight is 381 g/mol. The molecule has 1 aromatic carbocycles. The van der Waals surface area contributed by atoms with Crippen molar-refractivity contribution in [2.45, 2.75) is 36.7 Å². The van der Waals surface area contributed by atoms with Crippen LogP contribution in [-0.4, -0.2) is 43.3 Å². The molecule has 0 saturated carbocycles. The fourth-order valence-corrected chi connectivity index (χ4v) is 6.14. The van der Waals surface area contributed by atoms with Crippen LogP contribution in [0.2, 0.25) is 0 Å². The largest absolute Gasteiger partial charge is 0.296 e. The first-order valence-corrected chi connectivity index (χ1v) is 10.9. The molecule has 0 spiro atoms. The standard InChI is InChI=1S/C18H21FN2O2S2/c19-15-1-3-17(4-2-15)25(22,23)21-10-5-16(6-11-21)20-9-7-18-14(13-20)8-12-24-18/h1-4,8,12,16H,5-7,9-11,13H2. The third-order valence-electron chi connectivity index (χ3n) is 5.23. The second-order valence-corrected chi connectivity index (χ2v) is 9.62. The van der Waals surface area contributed by atoms with Crippen molar-refractivity contribution >= 4 is 21.4 Å². The summed E-state index contributed by atoms with van der Waals surface area (Å²) in [5.41, 5.74) is 1.43. The SMILES string of the molecule is O=S(=O)(c1ccc(F)cc1)N1CCC(N2CCc3sccc3C2)CC1. The summed E-state index contributed by atoms with van der Waals surface area (Å²) < 4.78 is 40.0. The van der Waals surface area contributed by atoms with Crippen LogP contribution in [0.5, 0.6) is 0 Å². The monoisotopic (exact) mass is 380 g/mol. The normalized spacial score (nSPS) is 20.5. The fourth-order valence-electron chi connectivity index (χ4n) is 3.79. The maximum atomic E-state index is 13.0. The van der Waals surface area contributed by atoms with Crippen LogP contribution < -0.4 is 0 Å². The van der Waals surface area contributed by atoms with Crippen molar-refractivity contribution in [2.24, 2.45) is 0 Å². The molecule has 4 rings (SSSR count). The summed E-state index contributed by atoms with van der Waals surface area (Å²) >= 11 is 1.84. The number of piperidine rings is 1. The summed E-state index contributed by atoms with van der Waals surface area (Å²) in [6, 6.07) is 7.74. The van der Waals surface area contributed by atoms with Crippen molar-refractivity contribution in [3.8, 4) is 0 Å². The molecule has 25 heavy (non-hydrogen) atoms. The number of hydrogen-bond donors (Lipinski definition) is 0. The molecule has 2 aliphatic rings. The van der Waals surface area contributed by atoms with Gasteiger partial charge in [-0.1, -0.05) is 0 Å². The summed E-state index contributed by atoms with van der Waals surface area (Å²) in [7, 11) is -3.52. The zero-order valence-electron chi connectivity index (χ0n) is 13.9. The van der Waals surface area contributed by atoms with Gasteiger partial charge >= 0.3 is 0 Å². The molecule has 7 heteroatoms. The smallest absolute Gasteiger partial charge is 0.243 e. The van der Waals surface area contributed by atoms with Gasteiger partial charge in [-0.05, 0) is 60.5 Å². The van der Waals surface area contributed by atoms with Gasteiger partial charge in [0.05, 0.1) is 4.90 Å². The molecular weight excluding hydrogens is 359 g/mol. The predicted molar refractivity (Wildman–Crippen MR) is 96.6 cm³/mol. The van der Waals surface area contributed by atoms with E-state index < -0.39 is 15.8 Å². The molecule has 0 atom stereocenters. The Labute approximate surface area is 151 Å². The van der Waals surface area contributed by atoms with E-state index in [1.807, 2.05) is 11.3 Å². The van der Waals surface area contributed by atoms with Gasteiger partial charge in [-0.25, -0.2) is 12.8 Å². The fraction of sp³-hybridized carbons (Fsp3) is 0.444. The van der Waals surface area contributed by atoms with Crippen LogP contribution in [-0.2, 0) is 23.0 Å². The molecule has 2 aliphatic heterocycles. The molecule has 0 bridgehead atoms. The number of nitrogens with zero attached hydrogens (tertiary/aromatic N) is 2. The highest BCUT2D eigenvalue weighted by Crippen LogP contribution is 2.29. The summed E-state index contributed by atoms with van der Waals surface area (Å²) in [5, 5.41) is 2.16. The van der Waals surface area contributed by atoms with Crippen LogP contribution in [0.3, 0.4) is 0 Å². The van der Waals surface area contributed by atoms with Gasteiger partial charge in [0.2, 0.25) is 10.0 Å². The number of thiophene rings is 1. The lowest BCUT2D eigenvalue weighted by molar-refractivity contribution is 0.127. The lowest BCUT2D eigenvalue weighted by Crippen LogP contribution is -2.47. The number of halogens is 1. The Bertz CT molecular complexity index is 840. The Kier molecular flexibility index (Phi) is 4.66. The molecule has 0 unspecified atom stereocenters. The maximum Gasteiger partial charge on any atom is 0.243 e. The van der Waals surface area contributed by atoms with Gasteiger partial charge < -0.3 is 0 Å². The number of fused-ring (bicyclic) bond motifs is 1. The minimum Gasteiger partial charge on any atom is -0.296 e. The summed E-state index contributed by atoms with van der Waals surface area (Å²) in [5.74, 6) is -0.421. The van der Waals surface area contributed by atoms with Gasteiger partial charge in [-0.2, -0.15) is 4.31 Å². The number of benzene rings is 1. The van der Waals surface area contributed by atoms with Crippen molar-refractivity contribution in [1.29, 1.82) is 0 Å². The number of hydrogen-bond acceptors (Lipinski definition) is 4. The third-order valence-corrected chi connectivity index (χ3v) is 8.16. The Morgan fingerprint density at radius 1 is 1.04 bits per heavy atom. The number of rotatable bonds is 3. The van der Waals surface area contributed by atoms with Crippen LogP contribution in [0.1, 0.15) is 23.3 Å². The highest BCUT2D eigenvalue weighted by Gasteiger charge is 2.32. The van der Waals surface area contributed by atoms with Crippen LogP contribution in [0, 0.1) is 5.82 Å². The molecule has 1 fully saturated rings. The molecule has 1 aromatic heterocycles. The summed E-state index contributed by atoms with van der Waals surface area (Å²) in [4.78, 5) is 4.16. The molecule has 2 aromatic rings. The minimum absolute atomic E-state index is 0.174. The Morgan fingerprint density at radius 3 is 2.48 bits per heavy atom. The van der Waals surface area contributed by atoms with E-state index in [1.54, 1.807) is 0 Å². The van der Waals surface area contributed by atoms with E-state index in [2.05, 4.69) is 16.3 Å². The lowest BCUT2D eigenvalue weighted by atomic mass is 10.0. The molecule has 134 valence electrons. The molecule has 0 aliphatic carbocycles. The van der Waals surface area contributed by atoms with Crippen LogP contribution >= 0.6 is 11.3 Å². The van der Waals surface area contributed by atoms with E-state index in [0.29, 0.717) is 19.1 Å². The van der Waals surface area contributed by atoms with Gasteiger partial charge in [0.1, 0.15) is 5.82 Å². The molecule has 0 amide bonds. The van der Waals surface area contributed by atoms with E-state index in [9.17, 15) is 12.8 Å². The second kappa shape index (κ2) is 6.79. The second-order valence-electron chi connectivity index (χ2n) is 6.68. The van der Waals surface area contributed by atoms with E-state index in [0.717, 1.165) is 32.4 Å². The highest BCUT2D eigenvalue weighted by atomic mass is 32.2. The maximum absolute atomic E-state index is 13.0. The lowest BCUT2D eigenvalue weighted by Gasteiger charge is -2.39. The minimum atomic E-state index is -3.52. The molecular formula is C18H21FN2O2S2. The van der Waals surface area contributed by atoms with Crippen molar-refractivity contribution in [3.05, 3.63) is 52.0 Å². The van der Waals surface area contributed by atoms with Crippen molar-refractivity contribution < 1.29 is 12.8 Å². The molecule has 1 saturated heterocycles. The van der Waals surface area contributed by atoms with E-state index >= 15 is 0 Å². The first-order chi connectivity index (χ1) is 12.0. The topological polar surface area (TPSA) is 40.6 Å². The van der Waals surface area contributed by atoms with Gasteiger partial charge in [0, 0.05) is 37.1 Å². The first kappa shape index (κ1) is 17.1. The first-order valence-electron chi connectivity index (χ1n) is 8.59. The van der Waals surface area contributed by atoms with E-state index in [-0.39, 0.29) is 4.90 Å². The molecule has 4 nitrogen and oxygen atoms in total. The average Bonchev–Trinajstić information content (AvgIpc) is 3.10. The van der Waals surface area contributed by atoms with Crippen LogP contribution in [0.15, 0.2) is 40.6 Å². The van der Waals surface area contributed by atoms with Gasteiger partial charge in [-0.15, -0.1) is 11.3 Å². The third kappa shape index (κ3) is 3.38. The van der Waals surface area contributed by atoms with Gasteiger partial charge in [0.15, 0.2) is 0 Å². The zero-order chi connectivity index (χ0) is 17.4. The molecule has 3 heterocycles. The van der Waals surface area contributed by atoms with Gasteiger partial charge in [0.25, 0.3) is 0 Å². The van der Waals surface area contributed by atoms with E-state index in [4.69, 9.17) is 0 Å². The van der Waals surface area contributed by atoms with Crippen LogP contribution in [0.25, 0.3) is 0 Å². The Morgan fingerprint density at radius 2 is 1.76 bits per heavy atom. The van der Waals surface area contributed by atoms with Crippen molar-refractivity contribution in [2.75, 3.05) is 19.6 Å². The summed E-state index contributed by atoms with van der Waals surface area (Å²) in [6.07, 6.45) is 2.79. The predicted octanol–water partition coefficient (Wildman–Crippen LogP) is 3.10.